The summed E-state index contributed by atoms with van der Waals surface area (Å²) in [5, 5.41) is 14.0. The van der Waals surface area contributed by atoms with Crippen molar-refractivity contribution in [3.8, 4) is 33.5 Å². The quantitative estimate of drug-likeness (QED) is 0.562. The van der Waals surface area contributed by atoms with Gasteiger partial charge in [-0.05, 0) is 18.2 Å². The second-order valence-corrected chi connectivity index (χ2v) is 6.31. The van der Waals surface area contributed by atoms with E-state index in [1.165, 1.54) is 11.3 Å². The Bertz CT molecular complexity index is 1030. The molecule has 0 bridgehead atoms. The number of rotatable bonds is 2. The van der Waals surface area contributed by atoms with Crippen LogP contribution >= 0.6 is 11.3 Å². The number of hydrogen-bond acceptors (Lipinski definition) is 6. The molecule has 1 aliphatic heterocycles. The van der Waals surface area contributed by atoms with Crippen molar-refractivity contribution >= 4 is 16.3 Å². The normalized spacial score (nSPS) is 13.3. The largest absolute Gasteiger partial charge is 0.486 e. The molecule has 0 saturated heterocycles. The number of benzene rings is 2. The molecule has 0 fully saturated rings. The molecule has 4 aromatic rings. The minimum atomic E-state index is 0.569. The topological polar surface area (TPSA) is 61.5 Å². The van der Waals surface area contributed by atoms with Crippen molar-refractivity contribution in [2.24, 2.45) is 0 Å². The van der Waals surface area contributed by atoms with Crippen LogP contribution in [0.25, 0.3) is 26.9 Å². The third-order valence-electron chi connectivity index (χ3n) is 3.81. The fourth-order valence-corrected chi connectivity index (χ4v) is 3.51. The first kappa shape index (κ1) is 13.5. The lowest BCUT2D eigenvalue weighted by Gasteiger charge is -2.18. The van der Waals surface area contributed by atoms with E-state index in [1.807, 2.05) is 48.5 Å². The van der Waals surface area contributed by atoms with E-state index in [0.717, 1.165) is 38.4 Å². The van der Waals surface area contributed by atoms with Crippen LogP contribution in [-0.2, 0) is 0 Å². The van der Waals surface area contributed by atoms with Gasteiger partial charge in [0.1, 0.15) is 18.2 Å². The van der Waals surface area contributed by atoms with Gasteiger partial charge in [0.15, 0.2) is 17.3 Å². The number of ether oxygens (including phenoxy) is 2. The molecule has 6 nitrogen and oxygen atoms in total. The van der Waals surface area contributed by atoms with E-state index in [9.17, 15) is 0 Å². The Balaban J connectivity index is 1.60. The molecular weight excluding hydrogens is 324 g/mol. The average Bonchev–Trinajstić information content (AvgIpc) is 3.23. The number of hydrogen-bond donors (Lipinski definition) is 0. The highest BCUT2D eigenvalue weighted by Crippen LogP contribution is 2.36. The lowest BCUT2D eigenvalue weighted by atomic mass is 10.2. The van der Waals surface area contributed by atoms with Crippen LogP contribution in [0.2, 0.25) is 0 Å². The molecular formula is C17H12N4O2S. The van der Waals surface area contributed by atoms with Crippen LogP contribution in [-0.4, -0.2) is 33.0 Å². The van der Waals surface area contributed by atoms with Crippen LogP contribution in [0.15, 0.2) is 48.5 Å². The fraction of sp³-hybridized carbons (Fsp3) is 0.118. The van der Waals surface area contributed by atoms with Gasteiger partial charge >= 0.3 is 0 Å². The van der Waals surface area contributed by atoms with Crippen LogP contribution < -0.4 is 9.47 Å². The van der Waals surface area contributed by atoms with Crippen molar-refractivity contribution in [3.63, 3.8) is 0 Å². The highest BCUT2D eigenvalue weighted by molar-refractivity contribution is 7.19. The second kappa shape index (κ2) is 5.31. The summed E-state index contributed by atoms with van der Waals surface area (Å²) in [6, 6.07) is 15.8. The van der Waals surface area contributed by atoms with E-state index in [-0.39, 0.29) is 0 Å². The summed E-state index contributed by atoms with van der Waals surface area (Å²) in [6.07, 6.45) is 0. The zero-order chi connectivity index (χ0) is 15.9. The van der Waals surface area contributed by atoms with Crippen LogP contribution in [0.4, 0.5) is 0 Å². The monoisotopic (exact) mass is 336 g/mol. The van der Waals surface area contributed by atoms with Gasteiger partial charge in [-0.25, -0.2) is 0 Å². The van der Waals surface area contributed by atoms with E-state index in [4.69, 9.17) is 9.47 Å². The van der Waals surface area contributed by atoms with Gasteiger partial charge in [0.2, 0.25) is 4.96 Å². The van der Waals surface area contributed by atoms with Crippen LogP contribution in [0, 0.1) is 0 Å². The maximum atomic E-state index is 5.65. The first-order valence-corrected chi connectivity index (χ1v) is 8.38. The Morgan fingerprint density at radius 3 is 2.58 bits per heavy atom. The van der Waals surface area contributed by atoms with E-state index in [2.05, 4.69) is 15.3 Å². The number of nitrogens with zero attached hydrogens (tertiary/aromatic N) is 4. The summed E-state index contributed by atoms with van der Waals surface area (Å²) in [4.78, 5) is 0.763. The summed E-state index contributed by atoms with van der Waals surface area (Å²) in [7, 11) is 0. The summed E-state index contributed by atoms with van der Waals surface area (Å²) in [5.74, 6) is 2.27. The maximum Gasteiger partial charge on any atom is 0.235 e. The number of fused-ring (bicyclic) bond motifs is 2. The molecule has 7 heteroatoms. The lowest BCUT2D eigenvalue weighted by Crippen LogP contribution is -2.15. The Morgan fingerprint density at radius 1 is 0.875 bits per heavy atom. The zero-order valence-electron chi connectivity index (χ0n) is 12.5. The molecule has 3 heterocycles. The fourth-order valence-electron chi connectivity index (χ4n) is 2.68. The van der Waals surface area contributed by atoms with Gasteiger partial charge in [-0.15, -0.1) is 10.2 Å². The Morgan fingerprint density at radius 2 is 1.71 bits per heavy atom. The maximum absolute atomic E-state index is 5.65. The third kappa shape index (κ3) is 2.13. The predicted octanol–water partition coefficient (Wildman–Crippen LogP) is 3.29. The molecule has 0 unspecified atom stereocenters. The van der Waals surface area contributed by atoms with E-state index < -0.39 is 0 Å². The first-order valence-electron chi connectivity index (χ1n) is 7.56. The third-order valence-corrected chi connectivity index (χ3v) is 4.76. The molecule has 0 spiro atoms. The molecule has 24 heavy (non-hydrogen) atoms. The van der Waals surface area contributed by atoms with Gasteiger partial charge < -0.3 is 9.47 Å². The van der Waals surface area contributed by atoms with Crippen molar-refractivity contribution in [2.45, 2.75) is 0 Å². The van der Waals surface area contributed by atoms with E-state index in [0.29, 0.717) is 13.2 Å². The summed E-state index contributed by atoms with van der Waals surface area (Å²) < 4.78 is 13.0. The molecule has 118 valence electrons. The summed E-state index contributed by atoms with van der Waals surface area (Å²) in [5.41, 5.74) is 1.97. The van der Waals surface area contributed by atoms with Gasteiger partial charge in [-0.3, -0.25) is 0 Å². The average molecular weight is 336 g/mol. The van der Waals surface area contributed by atoms with Gasteiger partial charge in [0, 0.05) is 11.1 Å². The van der Waals surface area contributed by atoms with Gasteiger partial charge in [0.25, 0.3) is 0 Å². The van der Waals surface area contributed by atoms with Crippen molar-refractivity contribution in [1.82, 2.24) is 19.8 Å². The van der Waals surface area contributed by atoms with Gasteiger partial charge in [-0.2, -0.15) is 9.61 Å². The molecule has 1 aliphatic rings. The number of aromatic nitrogens is 4. The highest BCUT2D eigenvalue weighted by atomic mass is 32.1. The molecule has 2 aromatic heterocycles. The standard InChI is InChI=1S/C17H12N4O2S/c1-2-4-11(5-3-1)15-18-19-17-21(15)20-16(24-17)12-6-7-13-14(10-12)23-9-8-22-13/h1-7,10H,8-9H2. The summed E-state index contributed by atoms with van der Waals surface area (Å²) >= 11 is 1.50. The van der Waals surface area contributed by atoms with Crippen molar-refractivity contribution < 1.29 is 9.47 Å². The molecule has 0 radical (unpaired) electrons. The molecule has 5 rings (SSSR count). The van der Waals surface area contributed by atoms with Gasteiger partial charge in [0.05, 0.1) is 0 Å². The van der Waals surface area contributed by atoms with Crippen molar-refractivity contribution in [2.75, 3.05) is 13.2 Å². The van der Waals surface area contributed by atoms with Crippen LogP contribution in [0.1, 0.15) is 0 Å². The molecule has 0 N–H and O–H groups in total. The smallest absolute Gasteiger partial charge is 0.235 e. The first-order chi connectivity index (χ1) is 11.9. The van der Waals surface area contributed by atoms with Crippen molar-refractivity contribution in [1.29, 1.82) is 0 Å². The Kier molecular flexibility index (Phi) is 2.99. The van der Waals surface area contributed by atoms with Gasteiger partial charge in [-0.1, -0.05) is 41.7 Å². The summed E-state index contributed by atoms with van der Waals surface area (Å²) in [6.45, 7) is 1.16. The van der Waals surface area contributed by atoms with Crippen LogP contribution in [0.3, 0.4) is 0 Å². The second-order valence-electron chi connectivity index (χ2n) is 5.35. The van der Waals surface area contributed by atoms with Crippen molar-refractivity contribution in [3.05, 3.63) is 48.5 Å². The molecule has 2 aromatic carbocycles. The predicted molar refractivity (Wildman–Crippen MR) is 90.5 cm³/mol. The molecule has 0 atom stereocenters. The zero-order valence-corrected chi connectivity index (χ0v) is 13.4. The van der Waals surface area contributed by atoms with E-state index in [1.54, 1.807) is 4.52 Å². The molecule has 0 aliphatic carbocycles. The highest BCUT2D eigenvalue weighted by Gasteiger charge is 2.17. The minimum Gasteiger partial charge on any atom is -0.486 e. The minimum absolute atomic E-state index is 0.569. The lowest BCUT2D eigenvalue weighted by molar-refractivity contribution is 0.171. The van der Waals surface area contributed by atoms with Crippen LogP contribution in [0.5, 0.6) is 11.5 Å². The molecule has 0 amide bonds. The Labute approximate surface area is 141 Å². The molecule has 0 saturated carbocycles. The SMILES string of the molecule is c1ccc(-c2nnc3sc(-c4ccc5c(c4)OCCO5)nn23)cc1. The Hall–Kier alpha value is -2.93. The van der Waals surface area contributed by atoms with E-state index >= 15 is 0 Å².